The van der Waals surface area contributed by atoms with Gasteiger partial charge in [-0.25, -0.2) is 4.39 Å². The van der Waals surface area contributed by atoms with Gasteiger partial charge < -0.3 is 15.0 Å². The molecule has 158 valence electrons. The summed E-state index contributed by atoms with van der Waals surface area (Å²) in [5.41, 5.74) is 4.08. The van der Waals surface area contributed by atoms with Gasteiger partial charge >= 0.3 is 0 Å². The Morgan fingerprint density at radius 3 is 2.55 bits per heavy atom. The average Bonchev–Trinajstić information content (AvgIpc) is 2.77. The number of carbonyl (C=O) groups excluding carboxylic acids is 2. The lowest BCUT2D eigenvalue weighted by atomic mass is 9.97. The number of aryl methyl sites for hydroxylation is 1. The zero-order valence-electron chi connectivity index (χ0n) is 17.2. The fourth-order valence-electron chi connectivity index (χ4n) is 3.62. The van der Waals surface area contributed by atoms with Gasteiger partial charge in [0, 0.05) is 29.9 Å². The number of hydrogen-bond acceptors (Lipinski definition) is 3. The van der Waals surface area contributed by atoms with Gasteiger partial charge in [-0.2, -0.15) is 0 Å². The van der Waals surface area contributed by atoms with Gasteiger partial charge in [0.2, 0.25) is 0 Å². The first-order chi connectivity index (χ1) is 15.0. The summed E-state index contributed by atoms with van der Waals surface area (Å²) in [5, 5.41) is 2.80. The van der Waals surface area contributed by atoms with Crippen molar-refractivity contribution in [1.82, 2.24) is 4.90 Å². The third-order valence-electron chi connectivity index (χ3n) is 5.26. The molecule has 3 aromatic carbocycles. The second-order valence-corrected chi connectivity index (χ2v) is 7.59. The topological polar surface area (TPSA) is 58.6 Å². The van der Waals surface area contributed by atoms with Crippen LogP contribution in [-0.2, 0) is 17.8 Å². The maximum atomic E-state index is 13.1. The van der Waals surface area contributed by atoms with Crippen LogP contribution in [0.15, 0.2) is 66.7 Å². The number of rotatable bonds is 6. The third kappa shape index (κ3) is 4.91. The number of halogens is 1. The van der Waals surface area contributed by atoms with E-state index in [4.69, 9.17) is 4.74 Å². The van der Waals surface area contributed by atoms with Crippen molar-refractivity contribution < 1.29 is 18.7 Å². The van der Waals surface area contributed by atoms with Crippen molar-refractivity contribution in [3.05, 3.63) is 94.8 Å². The lowest BCUT2D eigenvalue weighted by Gasteiger charge is -2.29. The molecule has 0 saturated heterocycles. The van der Waals surface area contributed by atoms with Crippen LogP contribution in [0.3, 0.4) is 0 Å². The molecule has 6 heteroatoms. The first-order valence-electron chi connectivity index (χ1n) is 10.1. The maximum Gasteiger partial charge on any atom is 0.262 e. The Kier molecular flexibility index (Phi) is 5.98. The number of fused-ring (bicyclic) bond motifs is 1. The molecule has 4 rings (SSSR count). The smallest absolute Gasteiger partial charge is 0.262 e. The summed E-state index contributed by atoms with van der Waals surface area (Å²) in [7, 11) is 0. The van der Waals surface area contributed by atoms with Crippen LogP contribution >= 0.6 is 0 Å². The summed E-state index contributed by atoms with van der Waals surface area (Å²) >= 11 is 0. The second-order valence-electron chi connectivity index (χ2n) is 7.59. The van der Waals surface area contributed by atoms with Gasteiger partial charge in [-0.15, -0.1) is 0 Å². The summed E-state index contributed by atoms with van der Waals surface area (Å²) < 4.78 is 18.9. The number of benzene rings is 3. The molecule has 0 aliphatic carbocycles. The van der Waals surface area contributed by atoms with Crippen LogP contribution in [0.4, 0.5) is 10.1 Å². The van der Waals surface area contributed by atoms with Crippen molar-refractivity contribution >= 4 is 17.5 Å². The van der Waals surface area contributed by atoms with Crippen LogP contribution < -0.4 is 10.1 Å². The molecule has 0 fully saturated rings. The van der Waals surface area contributed by atoms with Crippen LogP contribution in [0, 0.1) is 12.7 Å². The molecule has 0 radical (unpaired) electrons. The third-order valence-corrected chi connectivity index (χ3v) is 5.26. The number of ether oxygens (including phenoxy) is 1. The van der Waals surface area contributed by atoms with Crippen molar-refractivity contribution in [1.29, 1.82) is 0 Å². The first kappa shape index (κ1) is 20.6. The molecule has 1 aliphatic heterocycles. The normalized spacial score (nSPS) is 13.0. The minimum absolute atomic E-state index is 0.0971. The highest BCUT2D eigenvalue weighted by Gasteiger charge is 2.26. The Morgan fingerprint density at radius 2 is 1.81 bits per heavy atom. The van der Waals surface area contributed by atoms with E-state index in [1.807, 2.05) is 31.2 Å². The zero-order valence-corrected chi connectivity index (χ0v) is 17.2. The lowest BCUT2D eigenvalue weighted by molar-refractivity contribution is -0.118. The van der Waals surface area contributed by atoms with Gasteiger partial charge in [-0.1, -0.05) is 35.9 Å². The molecule has 0 spiro atoms. The van der Waals surface area contributed by atoms with E-state index in [9.17, 15) is 14.0 Å². The van der Waals surface area contributed by atoms with E-state index >= 15 is 0 Å². The van der Waals surface area contributed by atoms with Crippen LogP contribution in [-0.4, -0.2) is 29.9 Å². The van der Waals surface area contributed by atoms with Gasteiger partial charge in [-0.05, 0) is 55.3 Å². The molecule has 3 aromatic rings. The zero-order chi connectivity index (χ0) is 21.8. The average molecular weight is 418 g/mol. The molecule has 2 amide bonds. The number of hydrogen-bond donors (Lipinski definition) is 1. The predicted molar refractivity (Wildman–Crippen MR) is 117 cm³/mol. The van der Waals surface area contributed by atoms with Crippen LogP contribution in [0.25, 0.3) is 0 Å². The molecule has 0 aromatic heterocycles. The van der Waals surface area contributed by atoms with Crippen molar-refractivity contribution in [3.63, 3.8) is 0 Å². The Morgan fingerprint density at radius 1 is 1.06 bits per heavy atom. The van der Waals surface area contributed by atoms with E-state index in [1.54, 1.807) is 35.2 Å². The molecule has 31 heavy (non-hydrogen) atoms. The quantitative estimate of drug-likeness (QED) is 0.648. The molecule has 0 saturated carbocycles. The van der Waals surface area contributed by atoms with Gasteiger partial charge in [0.1, 0.15) is 11.6 Å². The summed E-state index contributed by atoms with van der Waals surface area (Å²) in [4.78, 5) is 26.9. The molecule has 0 unspecified atom stereocenters. The minimum atomic E-state index is -0.299. The molecule has 5 nitrogen and oxygen atoms in total. The van der Waals surface area contributed by atoms with Crippen LogP contribution in [0.1, 0.15) is 27.0 Å². The van der Waals surface area contributed by atoms with E-state index in [2.05, 4.69) is 5.32 Å². The summed E-state index contributed by atoms with van der Waals surface area (Å²) in [5.74, 6) is -0.111. The van der Waals surface area contributed by atoms with E-state index in [0.29, 0.717) is 36.5 Å². The molecular weight excluding hydrogens is 395 g/mol. The molecule has 1 heterocycles. The molecule has 0 atom stereocenters. The monoisotopic (exact) mass is 418 g/mol. The fraction of sp³-hybridized carbons (Fsp3) is 0.200. The Labute approximate surface area is 180 Å². The number of nitrogens with zero attached hydrogens (tertiary/aromatic N) is 1. The largest absolute Gasteiger partial charge is 0.483 e. The fourth-order valence-corrected chi connectivity index (χ4v) is 3.62. The summed E-state index contributed by atoms with van der Waals surface area (Å²) in [6.07, 6.45) is 0.623. The van der Waals surface area contributed by atoms with Gasteiger partial charge in [-0.3, -0.25) is 9.59 Å². The Balaban J connectivity index is 1.41. The molecular formula is C25H23FN2O3. The second kappa shape index (κ2) is 9.00. The minimum Gasteiger partial charge on any atom is -0.483 e. The van der Waals surface area contributed by atoms with Crippen LogP contribution in [0.2, 0.25) is 0 Å². The van der Waals surface area contributed by atoms with Crippen LogP contribution in [0.5, 0.6) is 5.75 Å². The van der Waals surface area contributed by atoms with E-state index in [-0.39, 0.29) is 24.2 Å². The number of nitrogens with one attached hydrogen (secondary N) is 1. The van der Waals surface area contributed by atoms with Crippen molar-refractivity contribution in [2.24, 2.45) is 0 Å². The van der Waals surface area contributed by atoms with Crippen molar-refractivity contribution in [2.75, 3.05) is 18.5 Å². The first-order valence-corrected chi connectivity index (χ1v) is 10.1. The highest BCUT2D eigenvalue weighted by atomic mass is 19.1. The van der Waals surface area contributed by atoms with Gasteiger partial charge in [0.05, 0.1) is 0 Å². The van der Waals surface area contributed by atoms with Crippen molar-refractivity contribution in [3.8, 4) is 5.75 Å². The summed E-state index contributed by atoms with van der Waals surface area (Å²) in [6, 6.07) is 19.0. The highest BCUT2D eigenvalue weighted by Crippen LogP contribution is 2.29. The van der Waals surface area contributed by atoms with Gasteiger partial charge in [0.15, 0.2) is 6.61 Å². The van der Waals surface area contributed by atoms with E-state index in [1.165, 1.54) is 12.1 Å². The lowest BCUT2D eigenvalue weighted by Crippen LogP contribution is -2.37. The number of carbonyl (C=O) groups is 2. The molecule has 1 N–H and O–H groups in total. The van der Waals surface area contributed by atoms with Crippen molar-refractivity contribution in [2.45, 2.75) is 19.9 Å². The number of anilines is 1. The highest BCUT2D eigenvalue weighted by molar-refractivity contribution is 5.97. The predicted octanol–water partition coefficient (Wildman–Crippen LogP) is 4.35. The van der Waals surface area contributed by atoms with Gasteiger partial charge in [0.25, 0.3) is 11.8 Å². The SMILES string of the molecule is Cc1ccc(NC(=O)COc2cccc3c2CCN(Cc2ccc(F)cc2)C3=O)cc1. The Hall–Kier alpha value is -3.67. The molecule has 0 bridgehead atoms. The Bertz CT molecular complexity index is 1090. The molecule has 1 aliphatic rings. The summed E-state index contributed by atoms with van der Waals surface area (Å²) in [6.45, 7) is 2.79. The maximum absolute atomic E-state index is 13.1. The number of amides is 2. The van der Waals surface area contributed by atoms with E-state index < -0.39 is 0 Å². The standard InChI is InChI=1S/C25H23FN2O3/c1-17-5-11-20(12-6-17)27-24(29)16-31-23-4-2-3-22-21(23)13-14-28(25(22)30)15-18-7-9-19(26)10-8-18/h2-12H,13-16H2,1H3,(H,27,29). The van der Waals surface area contributed by atoms with E-state index in [0.717, 1.165) is 16.7 Å².